The van der Waals surface area contributed by atoms with Crippen LogP contribution in [0.25, 0.3) is 17.2 Å². The van der Waals surface area contributed by atoms with Crippen molar-refractivity contribution in [1.82, 2.24) is 19.2 Å². The van der Waals surface area contributed by atoms with Gasteiger partial charge in [-0.05, 0) is 31.2 Å². The molecule has 2 aromatic carbocycles. The smallest absolute Gasteiger partial charge is 0.279 e. The largest absolute Gasteiger partial charge is 0.326 e. The van der Waals surface area contributed by atoms with Crippen LogP contribution in [-0.4, -0.2) is 25.1 Å². The van der Waals surface area contributed by atoms with Crippen molar-refractivity contribution in [3.8, 4) is 11.4 Å². The van der Waals surface area contributed by atoms with Crippen molar-refractivity contribution in [3.63, 3.8) is 0 Å². The van der Waals surface area contributed by atoms with Gasteiger partial charge in [0.25, 0.3) is 5.56 Å². The van der Waals surface area contributed by atoms with Crippen molar-refractivity contribution in [2.75, 3.05) is 5.32 Å². The Morgan fingerprint density at radius 1 is 1.16 bits per heavy atom. The highest BCUT2D eigenvalue weighted by molar-refractivity contribution is 5.92. The number of nitrogens with zero attached hydrogens (tertiary/aromatic N) is 4. The van der Waals surface area contributed by atoms with E-state index < -0.39 is 11.4 Å². The number of benzene rings is 2. The molecule has 1 amide bonds. The van der Waals surface area contributed by atoms with Crippen LogP contribution in [0, 0.1) is 12.7 Å². The zero-order valence-corrected chi connectivity index (χ0v) is 16.9. The Morgan fingerprint density at radius 3 is 2.55 bits per heavy atom. The van der Waals surface area contributed by atoms with E-state index in [-0.39, 0.29) is 12.3 Å². The molecule has 4 aromatic rings. The minimum absolute atomic E-state index is 0.157. The summed E-state index contributed by atoms with van der Waals surface area (Å²) in [5.41, 5.74) is 1.74. The second kappa shape index (κ2) is 8.35. The summed E-state index contributed by atoms with van der Waals surface area (Å²) >= 11 is 0. The molecule has 0 aliphatic carbocycles. The van der Waals surface area contributed by atoms with Gasteiger partial charge in [0, 0.05) is 29.1 Å². The molecule has 2 heterocycles. The highest BCUT2D eigenvalue weighted by atomic mass is 19.1. The standard InChI is InChI=1S/C23H20FN5O2/c1-3-13-28-15(2)19(14-20(30)25-18-11-9-17(24)10-12-18)22(31)29-23(28)26-21(27-29)16-7-5-4-6-8-16/h3-12H,1,13-14H2,2H3,(H,25,30). The average Bonchev–Trinajstić information content (AvgIpc) is 3.22. The molecular formula is C23H20FN5O2. The number of halogens is 1. The van der Waals surface area contributed by atoms with Gasteiger partial charge < -0.3 is 9.88 Å². The van der Waals surface area contributed by atoms with Gasteiger partial charge in [0.1, 0.15) is 5.82 Å². The summed E-state index contributed by atoms with van der Waals surface area (Å²) in [5, 5.41) is 7.08. The first-order chi connectivity index (χ1) is 15.0. The molecule has 0 atom stereocenters. The van der Waals surface area contributed by atoms with Crippen molar-refractivity contribution >= 4 is 17.4 Å². The van der Waals surface area contributed by atoms with Gasteiger partial charge in [0.15, 0.2) is 5.82 Å². The maximum Gasteiger partial charge on any atom is 0.279 e. The number of fused-ring (bicyclic) bond motifs is 1. The van der Waals surface area contributed by atoms with Crippen LogP contribution in [0.15, 0.2) is 72.0 Å². The molecule has 2 aromatic heterocycles. The number of anilines is 1. The number of hydrogen-bond acceptors (Lipinski definition) is 4. The second-order valence-corrected chi connectivity index (χ2v) is 7.01. The molecule has 0 fully saturated rings. The summed E-state index contributed by atoms with van der Waals surface area (Å²) in [5.74, 6) is 0.0125. The predicted octanol–water partition coefficient (Wildman–Crippen LogP) is 3.37. The quantitative estimate of drug-likeness (QED) is 0.488. The number of amides is 1. The molecule has 8 heteroatoms. The minimum atomic E-state index is -0.406. The van der Waals surface area contributed by atoms with Crippen LogP contribution in [-0.2, 0) is 17.8 Å². The number of allylic oxidation sites excluding steroid dienone is 1. The van der Waals surface area contributed by atoms with E-state index in [4.69, 9.17) is 0 Å². The van der Waals surface area contributed by atoms with Gasteiger partial charge in [-0.2, -0.15) is 9.50 Å². The Kier molecular flexibility index (Phi) is 5.44. The SMILES string of the molecule is C=CCn1c(C)c(CC(=O)Nc2ccc(F)cc2)c(=O)n2nc(-c3ccccc3)nc12. The van der Waals surface area contributed by atoms with Crippen LogP contribution in [0.5, 0.6) is 0 Å². The van der Waals surface area contributed by atoms with Gasteiger partial charge in [-0.25, -0.2) is 4.39 Å². The third kappa shape index (κ3) is 4.00. The van der Waals surface area contributed by atoms with E-state index in [9.17, 15) is 14.0 Å². The molecule has 1 N–H and O–H groups in total. The first kappa shape index (κ1) is 20.2. The van der Waals surface area contributed by atoms with Gasteiger partial charge in [0.2, 0.25) is 11.7 Å². The molecular weight excluding hydrogens is 397 g/mol. The van der Waals surface area contributed by atoms with Crippen molar-refractivity contribution < 1.29 is 9.18 Å². The van der Waals surface area contributed by atoms with Crippen LogP contribution in [0.1, 0.15) is 11.3 Å². The van der Waals surface area contributed by atoms with E-state index in [2.05, 4.69) is 22.0 Å². The molecule has 0 saturated heterocycles. The molecule has 0 aliphatic heterocycles. The van der Waals surface area contributed by atoms with Crippen molar-refractivity contribution in [2.45, 2.75) is 19.9 Å². The van der Waals surface area contributed by atoms with Gasteiger partial charge >= 0.3 is 0 Å². The summed E-state index contributed by atoms with van der Waals surface area (Å²) < 4.78 is 16.1. The van der Waals surface area contributed by atoms with Crippen LogP contribution >= 0.6 is 0 Å². The summed E-state index contributed by atoms with van der Waals surface area (Å²) in [6.07, 6.45) is 1.53. The van der Waals surface area contributed by atoms with Gasteiger partial charge in [0.05, 0.1) is 6.42 Å². The Hall–Kier alpha value is -4.07. The monoisotopic (exact) mass is 417 g/mol. The number of carbonyl (C=O) groups is 1. The number of aromatic nitrogens is 4. The fourth-order valence-electron chi connectivity index (χ4n) is 3.37. The normalized spacial score (nSPS) is 10.9. The molecule has 7 nitrogen and oxygen atoms in total. The lowest BCUT2D eigenvalue weighted by Gasteiger charge is -2.14. The van der Waals surface area contributed by atoms with E-state index in [1.807, 2.05) is 30.3 Å². The summed E-state index contributed by atoms with van der Waals surface area (Å²) in [7, 11) is 0. The lowest BCUT2D eigenvalue weighted by molar-refractivity contribution is -0.115. The third-order valence-corrected chi connectivity index (χ3v) is 4.93. The van der Waals surface area contributed by atoms with Crippen LogP contribution in [0.3, 0.4) is 0 Å². The van der Waals surface area contributed by atoms with E-state index in [0.717, 1.165) is 5.56 Å². The van der Waals surface area contributed by atoms with E-state index in [1.165, 1.54) is 28.8 Å². The van der Waals surface area contributed by atoms with Gasteiger partial charge in [-0.1, -0.05) is 36.4 Å². The zero-order chi connectivity index (χ0) is 22.0. The van der Waals surface area contributed by atoms with E-state index >= 15 is 0 Å². The van der Waals surface area contributed by atoms with Crippen LogP contribution < -0.4 is 10.9 Å². The van der Waals surface area contributed by atoms with E-state index in [0.29, 0.717) is 35.1 Å². The molecule has 0 aliphatic rings. The topological polar surface area (TPSA) is 81.3 Å². The molecule has 0 saturated carbocycles. The minimum Gasteiger partial charge on any atom is -0.326 e. The maximum absolute atomic E-state index is 13.2. The number of hydrogen-bond donors (Lipinski definition) is 1. The molecule has 0 bridgehead atoms. The highest BCUT2D eigenvalue weighted by Gasteiger charge is 2.20. The molecule has 156 valence electrons. The third-order valence-electron chi connectivity index (χ3n) is 4.93. The highest BCUT2D eigenvalue weighted by Crippen LogP contribution is 2.17. The van der Waals surface area contributed by atoms with Gasteiger partial charge in [-0.3, -0.25) is 9.59 Å². The number of nitrogens with one attached hydrogen (secondary N) is 1. The van der Waals surface area contributed by atoms with Crippen LogP contribution in [0.2, 0.25) is 0 Å². The number of carbonyl (C=O) groups excluding carboxylic acids is 1. The summed E-state index contributed by atoms with van der Waals surface area (Å²) in [6, 6.07) is 14.8. The Balaban J connectivity index is 1.76. The Morgan fingerprint density at radius 2 is 1.87 bits per heavy atom. The zero-order valence-electron chi connectivity index (χ0n) is 16.9. The fourth-order valence-corrected chi connectivity index (χ4v) is 3.37. The Bertz CT molecular complexity index is 1320. The fraction of sp³-hybridized carbons (Fsp3) is 0.130. The summed E-state index contributed by atoms with van der Waals surface area (Å²) in [6.45, 7) is 5.94. The Labute approximate surface area is 177 Å². The lowest BCUT2D eigenvalue weighted by Crippen LogP contribution is -2.29. The average molecular weight is 417 g/mol. The molecule has 0 spiro atoms. The van der Waals surface area contributed by atoms with Crippen LogP contribution in [0.4, 0.5) is 10.1 Å². The van der Waals surface area contributed by atoms with Crippen molar-refractivity contribution in [2.24, 2.45) is 0 Å². The molecule has 31 heavy (non-hydrogen) atoms. The second-order valence-electron chi connectivity index (χ2n) is 7.01. The summed E-state index contributed by atoms with van der Waals surface area (Å²) in [4.78, 5) is 30.3. The maximum atomic E-state index is 13.2. The van der Waals surface area contributed by atoms with Crippen molar-refractivity contribution in [1.29, 1.82) is 0 Å². The molecule has 4 rings (SSSR count). The molecule has 0 radical (unpaired) electrons. The van der Waals surface area contributed by atoms with Crippen molar-refractivity contribution in [3.05, 3.63) is 94.7 Å². The predicted molar refractivity (Wildman–Crippen MR) is 116 cm³/mol. The lowest BCUT2D eigenvalue weighted by atomic mass is 10.1. The van der Waals surface area contributed by atoms with Gasteiger partial charge in [-0.15, -0.1) is 11.7 Å². The number of rotatable bonds is 6. The van der Waals surface area contributed by atoms with E-state index in [1.54, 1.807) is 17.6 Å². The molecule has 0 unspecified atom stereocenters. The first-order valence-electron chi connectivity index (χ1n) is 9.68. The first-order valence-corrected chi connectivity index (χ1v) is 9.68.